The van der Waals surface area contributed by atoms with Crippen molar-refractivity contribution < 1.29 is 9.18 Å². The first-order valence-electron chi connectivity index (χ1n) is 5.01. The second kappa shape index (κ2) is 2.96. The minimum Gasteiger partial charge on any atom is -0.343 e. The quantitative estimate of drug-likeness (QED) is 0.563. The van der Waals surface area contributed by atoms with Gasteiger partial charge in [-0.25, -0.2) is 4.39 Å². The molecule has 0 unspecified atom stereocenters. The van der Waals surface area contributed by atoms with Crippen LogP contribution in [0.3, 0.4) is 0 Å². The van der Waals surface area contributed by atoms with E-state index in [1.807, 2.05) is 4.90 Å². The van der Waals surface area contributed by atoms with Gasteiger partial charge < -0.3 is 4.90 Å². The summed E-state index contributed by atoms with van der Waals surface area (Å²) < 4.78 is 12.7. The molecular weight excluding hydrogens is 169 g/mol. The van der Waals surface area contributed by atoms with Crippen molar-refractivity contribution in [3.8, 4) is 0 Å². The molecule has 0 aromatic rings. The van der Waals surface area contributed by atoms with E-state index in [1.54, 1.807) is 6.92 Å². The summed E-state index contributed by atoms with van der Waals surface area (Å²) in [7, 11) is 0. The van der Waals surface area contributed by atoms with Crippen LogP contribution < -0.4 is 0 Å². The lowest BCUT2D eigenvalue weighted by atomic mass is 9.62. The molecule has 1 aliphatic carbocycles. The number of nitrogens with zero attached hydrogens (tertiary/aromatic N) is 1. The Bertz CT molecular complexity index is 213. The predicted molar refractivity (Wildman–Crippen MR) is 48.1 cm³/mol. The molecule has 1 aliphatic heterocycles. The maximum Gasteiger partial charge on any atom is 0.219 e. The van der Waals surface area contributed by atoms with Crippen molar-refractivity contribution >= 4 is 5.91 Å². The van der Waals surface area contributed by atoms with Gasteiger partial charge >= 0.3 is 0 Å². The molecule has 0 aromatic heterocycles. The number of hydrogen-bond donors (Lipinski definition) is 0. The summed E-state index contributed by atoms with van der Waals surface area (Å²) in [6.07, 6.45) is 2.92. The van der Waals surface area contributed by atoms with E-state index in [0.29, 0.717) is 0 Å². The van der Waals surface area contributed by atoms with Gasteiger partial charge in [0.25, 0.3) is 0 Å². The highest BCUT2D eigenvalue weighted by molar-refractivity contribution is 5.73. The Hall–Kier alpha value is -0.600. The van der Waals surface area contributed by atoms with Crippen LogP contribution in [0.1, 0.15) is 32.6 Å². The summed E-state index contributed by atoms with van der Waals surface area (Å²) >= 11 is 0. The van der Waals surface area contributed by atoms with E-state index in [0.717, 1.165) is 38.8 Å². The van der Waals surface area contributed by atoms with E-state index in [1.165, 1.54) is 0 Å². The Morgan fingerprint density at radius 1 is 1.38 bits per heavy atom. The van der Waals surface area contributed by atoms with Crippen molar-refractivity contribution in [3.05, 3.63) is 0 Å². The zero-order chi connectivity index (χ0) is 9.47. The SMILES string of the molecule is CC(=O)N1CCC2(CC1)CC(F)C2. The fraction of sp³-hybridized carbons (Fsp3) is 0.900. The number of carbonyl (C=O) groups is 1. The van der Waals surface area contributed by atoms with Gasteiger partial charge in [-0.3, -0.25) is 4.79 Å². The van der Waals surface area contributed by atoms with Crippen LogP contribution in [0.5, 0.6) is 0 Å². The molecule has 1 heterocycles. The highest BCUT2D eigenvalue weighted by Crippen LogP contribution is 2.50. The fourth-order valence-electron chi connectivity index (χ4n) is 2.58. The van der Waals surface area contributed by atoms with E-state index in [9.17, 15) is 9.18 Å². The van der Waals surface area contributed by atoms with Gasteiger partial charge in [0.1, 0.15) is 6.17 Å². The Balaban J connectivity index is 1.86. The Morgan fingerprint density at radius 2 is 1.92 bits per heavy atom. The molecule has 0 atom stereocenters. The molecule has 1 saturated heterocycles. The first-order chi connectivity index (χ1) is 6.11. The third kappa shape index (κ3) is 1.56. The van der Waals surface area contributed by atoms with Crippen LogP contribution in [0.15, 0.2) is 0 Å². The number of amides is 1. The first-order valence-corrected chi connectivity index (χ1v) is 5.01. The van der Waals surface area contributed by atoms with E-state index in [2.05, 4.69) is 0 Å². The fourth-order valence-corrected chi connectivity index (χ4v) is 2.58. The Kier molecular flexibility index (Phi) is 2.05. The molecule has 0 radical (unpaired) electrons. The molecule has 0 bridgehead atoms. The van der Waals surface area contributed by atoms with Gasteiger partial charge in [0.15, 0.2) is 0 Å². The second-order valence-electron chi connectivity index (χ2n) is 4.51. The number of alkyl halides is 1. The smallest absolute Gasteiger partial charge is 0.219 e. The van der Waals surface area contributed by atoms with Crippen molar-refractivity contribution in [1.82, 2.24) is 4.90 Å². The van der Waals surface area contributed by atoms with Gasteiger partial charge in [-0.05, 0) is 31.1 Å². The van der Waals surface area contributed by atoms with Crippen LogP contribution >= 0.6 is 0 Å². The zero-order valence-corrected chi connectivity index (χ0v) is 8.05. The van der Waals surface area contributed by atoms with Crippen molar-refractivity contribution in [1.29, 1.82) is 0 Å². The van der Waals surface area contributed by atoms with Crippen molar-refractivity contribution in [2.45, 2.75) is 38.8 Å². The number of likely N-dealkylation sites (tertiary alicyclic amines) is 1. The number of piperidine rings is 1. The summed E-state index contributed by atoms with van der Waals surface area (Å²) in [5.74, 6) is 0.158. The molecule has 74 valence electrons. The van der Waals surface area contributed by atoms with Gasteiger partial charge in [0, 0.05) is 20.0 Å². The highest BCUT2D eigenvalue weighted by atomic mass is 19.1. The molecule has 1 amide bonds. The minimum atomic E-state index is -0.566. The average molecular weight is 185 g/mol. The van der Waals surface area contributed by atoms with Crippen LogP contribution in [-0.4, -0.2) is 30.1 Å². The van der Waals surface area contributed by atoms with Crippen molar-refractivity contribution in [2.75, 3.05) is 13.1 Å². The highest BCUT2D eigenvalue weighted by Gasteiger charge is 2.46. The van der Waals surface area contributed by atoms with E-state index < -0.39 is 6.17 Å². The number of rotatable bonds is 0. The molecule has 13 heavy (non-hydrogen) atoms. The lowest BCUT2D eigenvalue weighted by Gasteiger charge is -2.49. The van der Waals surface area contributed by atoms with Crippen LogP contribution in [0, 0.1) is 5.41 Å². The number of carbonyl (C=O) groups excluding carboxylic acids is 1. The third-order valence-electron chi connectivity index (χ3n) is 3.58. The molecule has 2 fully saturated rings. The molecule has 0 N–H and O–H groups in total. The molecule has 2 aliphatic rings. The van der Waals surface area contributed by atoms with Crippen molar-refractivity contribution in [3.63, 3.8) is 0 Å². The van der Waals surface area contributed by atoms with Gasteiger partial charge in [-0.1, -0.05) is 0 Å². The van der Waals surface area contributed by atoms with E-state index >= 15 is 0 Å². The van der Waals surface area contributed by atoms with Gasteiger partial charge in [-0.15, -0.1) is 0 Å². The van der Waals surface area contributed by atoms with Gasteiger partial charge in [0.05, 0.1) is 0 Å². The topological polar surface area (TPSA) is 20.3 Å². The Labute approximate surface area is 78.1 Å². The number of halogens is 1. The van der Waals surface area contributed by atoms with Crippen LogP contribution in [-0.2, 0) is 4.79 Å². The average Bonchev–Trinajstić information content (AvgIpc) is 2.03. The zero-order valence-electron chi connectivity index (χ0n) is 8.05. The molecule has 2 rings (SSSR count). The normalized spacial score (nSPS) is 27.4. The maximum atomic E-state index is 12.7. The lowest BCUT2D eigenvalue weighted by molar-refractivity contribution is -0.133. The second-order valence-corrected chi connectivity index (χ2v) is 4.51. The van der Waals surface area contributed by atoms with E-state index in [4.69, 9.17) is 0 Å². The summed E-state index contributed by atoms with van der Waals surface area (Å²) in [5, 5.41) is 0. The molecule has 0 aromatic carbocycles. The summed E-state index contributed by atoms with van der Waals surface area (Å²) in [6.45, 7) is 3.28. The minimum absolute atomic E-state index is 0.158. The lowest BCUT2D eigenvalue weighted by Crippen LogP contribution is -2.48. The summed E-state index contributed by atoms with van der Waals surface area (Å²) in [4.78, 5) is 12.9. The third-order valence-corrected chi connectivity index (χ3v) is 3.58. The molecule has 1 spiro atoms. The van der Waals surface area contributed by atoms with Gasteiger partial charge in [-0.2, -0.15) is 0 Å². The van der Waals surface area contributed by atoms with Crippen LogP contribution in [0.4, 0.5) is 4.39 Å². The molecular formula is C10H16FNO. The largest absolute Gasteiger partial charge is 0.343 e. The van der Waals surface area contributed by atoms with Crippen LogP contribution in [0.25, 0.3) is 0 Å². The van der Waals surface area contributed by atoms with Crippen LogP contribution in [0.2, 0.25) is 0 Å². The monoisotopic (exact) mass is 185 g/mol. The first kappa shape index (κ1) is 8.97. The molecule has 3 heteroatoms. The predicted octanol–water partition coefficient (Wildman–Crippen LogP) is 1.75. The van der Waals surface area contributed by atoms with Gasteiger partial charge in [0.2, 0.25) is 5.91 Å². The Morgan fingerprint density at radius 3 is 2.31 bits per heavy atom. The van der Waals surface area contributed by atoms with Crippen molar-refractivity contribution in [2.24, 2.45) is 5.41 Å². The maximum absolute atomic E-state index is 12.7. The standard InChI is InChI=1S/C10H16FNO/c1-8(13)12-4-2-10(3-5-12)6-9(11)7-10/h9H,2-7H2,1H3. The molecule has 2 nitrogen and oxygen atoms in total. The van der Waals surface area contributed by atoms with E-state index in [-0.39, 0.29) is 11.3 Å². The summed E-state index contributed by atoms with van der Waals surface area (Å²) in [5.41, 5.74) is 0.269. The molecule has 1 saturated carbocycles. The summed E-state index contributed by atoms with van der Waals surface area (Å²) in [6, 6.07) is 0. The number of hydrogen-bond acceptors (Lipinski definition) is 1.